The molecule has 0 aliphatic carbocycles. The third kappa shape index (κ3) is 3.14. The minimum absolute atomic E-state index is 0.0975. The Morgan fingerprint density at radius 3 is 2.34 bits per heavy atom. The van der Waals surface area contributed by atoms with Crippen LogP contribution in [-0.2, 0) is 9.79 Å². The average molecular weight is 461 g/mol. The topological polar surface area (TPSA) is 48.3 Å². The molecule has 160 valence electrons. The van der Waals surface area contributed by atoms with Gasteiger partial charge in [0.2, 0.25) is 4.99 Å². The first-order chi connectivity index (χ1) is 15.6. The zero-order valence-electron chi connectivity index (χ0n) is 17.7. The van der Waals surface area contributed by atoms with Gasteiger partial charge < -0.3 is 0 Å². The Labute approximate surface area is 196 Å². The van der Waals surface area contributed by atoms with Crippen molar-refractivity contribution < 1.29 is 4.79 Å². The van der Waals surface area contributed by atoms with Crippen LogP contribution in [0.25, 0.3) is 0 Å². The molecule has 0 amide bonds. The van der Waals surface area contributed by atoms with Crippen LogP contribution in [0.2, 0.25) is 5.02 Å². The lowest BCUT2D eigenvalue weighted by Crippen LogP contribution is -2.54. The number of para-hydroxylation sites is 2. The number of benzene rings is 3. The monoisotopic (exact) mass is 460 g/mol. The predicted molar refractivity (Wildman–Crippen MR) is 134 cm³/mol. The van der Waals surface area contributed by atoms with Crippen LogP contribution in [0.5, 0.6) is 0 Å². The van der Waals surface area contributed by atoms with Crippen LogP contribution in [0.4, 0.5) is 11.4 Å². The Morgan fingerprint density at radius 2 is 1.62 bits per heavy atom. The summed E-state index contributed by atoms with van der Waals surface area (Å²) >= 11 is 8.05. The molecule has 5 nitrogen and oxygen atoms in total. The van der Waals surface area contributed by atoms with Gasteiger partial charge in [0.1, 0.15) is 0 Å². The van der Waals surface area contributed by atoms with Crippen molar-refractivity contribution in [3.05, 3.63) is 95.0 Å². The molecular weight excluding hydrogens is 440 g/mol. The van der Waals surface area contributed by atoms with Crippen molar-refractivity contribution in [3.8, 4) is 0 Å². The minimum atomic E-state index is -0.942. The Balaban J connectivity index is 1.84. The lowest BCUT2D eigenvalue weighted by Gasteiger charge is -2.47. The second kappa shape index (κ2) is 8.11. The van der Waals surface area contributed by atoms with E-state index in [2.05, 4.69) is 19.1 Å². The van der Waals surface area contributed by atoms with E-state index in [1.54, 1.807) is 0 Å². The number of hydrazone groups is 2. The van der Waals surface area contributed by atoms with Crippen molar-refractivity contribution in [3.63, 3.8) is 0 Å². The highest BCUT2D eigenvalue weighted by atomic mass is 35.5. The van der Waals surface area contributed by atoms with Crippen molar-refractivity contribution in [1.29, 1.82) is 0 Å². The number of nitrogens with zero attached hydrogens (tertiary/aromatic N) is 4. The minimum Gasteiger partial charge on any atom is -0.292 e. The molecule has 0 saturated heterocycles. The quantitative estimate of drug-likeness (QED) is 0.462. The van der Waals surface area contributed by atoms with Crippen LogP contribution in [0.1, 0.15) is 31.4 Å². The summed E-state index contributed by atoms with van der Waals surface area (Å²) in [5.74, 6) is -0.0975. The molecule has 0 bridgehead atoms. The molecule has 0 saturated carbocycles. The average Bonchev–Trinajstić information content (AvgIpc) is 3.21. The zero-order chi connectivity index (χ0) is 22.3. The summed E-state index contributed by atoms with van der Waals surface area (Å²) < 4.78 is 0. The maximum absolute atomic E-state index is 12.5. The van der Waals surface area contributed by atoms with Crippen molar-refractivity contribution in [1.82, 2.24) is 0 Å². The van der Waals surface area contributed by atoms with Crippen LogP contribution in [0.15, 0.2) is 89.1 Å². The number of rotatable bonds is 4. The SMILES string of the molecule is CCC1=NN(c2ccccc2)[C@]2(SC(C(C)=O)=NN2c2ccccc2Cl)c2ccccc21. The molecule has 0 unspecified atom stereocenters. The van der Waals surface area contributed by atoms with Crippen LogP contribution in [-0.4, -0.2) is 16.5 Å². The summed E-state index contributed by atoms with van der Waals surface area (Å²) in [7, 11) is 0. The van der Waals surface area contributed by atoms with E-state index in [4.69, 9.17) is 21.8 Å². The van der Waals surface area contributed by atoms with Gasteiger partial charge >= 0.3 is 0 Å². The lowest BCUT2D eigenvalue weighted by molar-refractivity contribution is -0.110. The number of hydrogen-bond acceptors (Lipinski definition) is 6. The van der Waals surface area contributed by atoms with E-state index in [-0.39, 0.29) is 5.78 Å². The molecular formula is C25H21ClN4OS. The van der Waals surface area contributed by atoms with Crippen LogP contribution in [0, 0.1) is 0 Å². The maximum Gasteiger partial charge on any atom is 0.234 e. The molecule has 5 rings (SSSR count). The summed E-state index contributed by atoms with van der Waals surface area (Å²) in [6.45, 7) is 3.64. The van der Waals surface area contributed by atoms with Gasteiger partial charge in [-0.15, -0.1) is 0 Å². The molecule has 0 fully saturated rings. The highest BCUT2D eigenvalue weighted by Crippen LogP contribution is 2.55. The third-order valence-electron chi connectivity index (χ3n) is 5.53. The van der Waals surface area contributed by atoms with Gasteiger partial charge in [-0.1, -0.05) is 73.1 Å². The maximum atomic E-state index is 12.5. The number of thioether (sulfide) groups is 1. The van der Waals surface area contributed by atoms with E-state index in [0.29, 0.717) is 15.8 Å². The van der Waals surface area contributed by atoms with Crippen LogP contribution < -0.4 is 10.0 Å². The Morgan fingerprint density at radius 1 is 0.938 bits per heavy atom. The fourth-order valence-electron chi connectivity index (χ4n) is 4.08. The normalized spacial score (nSPS) is 19.6. The van der Waals surface area contributed by atoms with Crippen molar-refractivity contribution in [2.75, 3.05) is 10.0 Å². The Bertz CT molecular complexity index is 1260. The number of anilines is 2. The van der Waals surface area contributed by atoms with Gasteiger partial charge in [0.25, 0.3) is 0 Å². The molecule has 7 heteroatoms. The van der Waals surface area contributed by atoms with Gasteiger partial charge in [-0.25, -0.2) is 10.0 Å². The van der Waals surface area contributed by atoms with Gasteiger partial charge in [-0.2, -0.15) is 10.2 Å². The van der Waals surface area contributed by atoms with E-state index in [9.17, 15) is 4.79 Å². The highest BCUT2D eigenvalue weighted by Gasteiger charge is 2.55. The van der Waals surface area contributed by atoms with E-state index in [0.717, 1.165) is 28.9 Å². The van der Waals surface area contributed by atoms with Crippen LogP contribution >= 0.6 is 23.4 Å². The molecule has 3 aromatic rings. The number of Topliss-reactive ketones (excluding diaryl/α,β-unsaturated/α-hetero) is 1. The molecule has 1 atom stereocenters. The number of ketones is 1. The molecule has 2 aliphatic rings. The van der Waals surface area contributed by atoms with E-state index >= 15 is 0 Å². The summed E-state index contributed by atoms with van der Waals surface area (Å²) in [4.78, 5) is 11.6. The fourth-order valence-corrected chi connectivity index (χ4v) is 5.58. The molecule has 2 heterocycles. The number of hydrogen-bond donors (Lipinski definition) is 0. The zero-order valence-corrected chi connectivity index (χ0v) is 19.3. The van der Waals surface area contributed by atoms with Gasteiger partial charge in [-0.3, -0.25) is 4.79 Å². The highest BCUT2D eigenvalue weighted by molar-refractivity contribution is 8.17. The molecule has 0 N–H and O–H groups in total. The number of fused-ring (bicyclic) bond motifs is 2. The number of carbonyl (C=O) groups excluding carboxylic acids is 1. The standard InChI is InChI=1S/C25H21ClN4OS/c1-3-22-19-13-7-8-14-20(19)25(29(27-22)18-11-5-4-6-12-18)30(28-24(32-25)17(2)31)23-16-10-9-15-21(23)26/h4-16H,3H2,1-2H3/t25-/m1/s1. The Hall–Kier alpha value is -3.09. The largest absolute Gasteiger partial charge is 0.292 e. The molecule has 0 aromatic heterocycles. The summed E-state index contributed by atoms with van der Waals surface area (Å²) in [5.41, 5.74) is 4.65. The summed E-state index contributed by atoms with van der Waals surface area (Å²) in [6.07, 6.45) is 0.771. The first kappa shape index (κ1) is 20.8. The van der Waals surface area contributed by atoms with E-state index < -0.39 is 4.99 Å². The Kier molecular flexibility index (Phi) is 5.27. The van der Waals surface area contributed by atoms with Gasteiger partial charge in [-0.05, 0) is 42.4 Å². The lowest BCUT2D eigenvalue weighted by atomic mass is 9.96. The molecule has 32 heavy (non-hydrogen) atoms. The van der Waals surface area contributed by atoms with Crippen molar-refractivity contribution >= 4 is 51.3 Å². The van der Waals surface area contributed by atoms with Crippen molar-refractivity contribution in [2.24, 2.45) is 10.2 Å². The summed E-state index contributed by atoms with van der Waals surface area (Å²) in [6, 6.07) is 25.7. The van der Waals surface area contributed by atoms with Crippen molar-refractivity contribution in [2.45, 2.75) is 25.3 Å². The smallest absolute Gasteiger partial charge is 0.234 e. The number of halogens is 1. The first-order valence-corrected chi connectivity index (χ1v) is 11.6. The summed E-state index contributed by atoms with van der Waals surface area (Å²) in [5, 5.41) is 14.7. The second-order valence-corrected chi connectivity index (χ2v) is 9.10. The molecule has 0 radical (unpaired) electrons. The van der Waals surface area contributed by atoms with Crippen LogP contribution in [0.3, 0.4) is 0 Å². The molecule has 1 spiro atoms. The van der Waals surface area contributed by atoms with E-state index in [1.165, 1.54) is 18.7 Å². The second-order valence-electron chi connectivity index (χ2n) is 7.53. The van der Waals surface area contributed by atoms with E-state index in [1.807, 2.05) is 76.7 Å². The van der Waals surface area contributed by atoms with Gasteiger partial charge in [0.05, 0.1) is 22.1 Å². The predicted octanol–water partition coefficient (Wildman–Crippen LogP) is 6.24. The molecule has 2 aliphatic heterocycles. The van der Waals surface area contributed by atoms with Gasteiger partial charge in [0, 0.05) is 18.1 Å². The fraction of sp³-hybridized carbons (Fsp3) is 0.160. The number of carbonyl (C=O) groups is 1. The third-order valence-corrected chi connectivity index (χ3v) is 7.26. The van der Waals surface area contributed by atoms with Gasteiger partial charge in [0.15, 0.2) is 10.8 Å². The first-order valence-electron chi connectivity index (χ1n) is 10.4. The molecule has 3 aromatic carbocycles.